The Kier molecular flexibility index (Phi) is 3.64. The quantitative estimate of drug-likeness (QED) is 0.833. The van der Waals surface area contributed by atoms with Crippen molar-refractivity contribution >= 4 is 21.7 Å². The number of benzene rings is 1. The maximum Gasteiger partial charge on any atom is 0.266 e. The molecule has 1 aliphatic heterocycles. The predicted molar refractivity (Wildman–Crippen MR) is 80.5 cm³/mol. The average molecular weight is 319 g/mol. The lowest BCUT2D eigenvalue weighted by Gasteiger charge is -2.34. The summed E-state index contributed by atoms with van der Waals surface area (Å²) in [6.45, 7) is 2.00. The number of ketones is 1. The fourth-order valence-electron chi connectivity index (χ4n) is 2.96. The fourth-order valence-corrected chi connectivity index (χ4v) is 4.37. The Bertz CT molecular complexity index is 762. The van der Waals surface area contributed by atoms with Crippen molar-refractivity contribution in [3.05, 3.63) is 41.5 Å². The van der Waals surface area contributed by atoms with Crippen molar-refractivity contribution in [2.75, 3.05) is 6.54 Å². The first-order valence-corrected chi connectivity index (χ1v) is 8.69. The molecule has 0 aromatic heterocycles. The van der Waals surface area contributed by atoms with Gasteiger partial charge in [0.15, 0.2) is 0 Å². The Balaban J connectivity index is 1.94. The van der Waals surface area contributed by atoms with Crippen molar-refractivity contribution in [1.82, 2.24) is 4.31 Å². The lowest BCUT2D eigenvalue weighted by atomic mass is 9.82. The molecule has 0 bridgehead atoms. The van der Waals surface area contributed by atoms with E-state index in [0.717, 1.165) is 9.87 Å². The second-order valence-electron chi connectivity index (χ2n) is 5.79. The van der Waals surface area contributed by atoms with Gasteiger partial charge in [-0.25, -0.2) is 12.7 Å². The molecule has 0 unspecified atom stereocenters. The summed E-state index contributed by atoms with van der Waals surface area (Å²) in [5.41, 5.74) is 1.43. The summed E-state index contributed by atoms with van der Waals surface area (Å²) in [4.78, 5) is 24.1. The van der Waals surface area contributed by atoms with E-state index in [9.17, 15) is 18.0 Å². The van der Waals surface area contributed by atoms with Gasteiger partial charge >= 0.3 is 0 Å². The Morgan fingerprint density at radius 2 is 1.82 bits per heavy atom. The Hall–Kier alpha value is -1.95. The van der Waals surface area contributed by atoms with Gasteiger partial charge < -0.3 is 0 Å². The Morgan fingerprint density at radius 3 is 2.50 bits per heavy atom. The number of nitrogens with zero attached hydrogens (tertiary/aromatic N) is 1. The van der Waals surface area contributed by atoms with E-state index in [0.29, 0.717) is 18.4 Å². The first-order valence-electron chi connectivity index (χ1n) is 7.25. The maximum absolute atomic E-state index is 12.7. The molecule has 3 rings (SSSR count). The summed E-state index contributed by atoms with van der Waals surface area (Å²) in [6.07, 6.45) is 2.66. The third kappa shape index (κ3) is 2.47. The lowest BCUT2D eigenvalue weighted by molar-refractivity contribution is -0.125. The number of piperidine rings is 1. The molecule has 0 spiro atoms. The van der Waals surface area contributed by atoms with Gasteiger partial charge in [-0.15, -0.1) is 0 Å². The largest absolute Gasteiger partial charge is 0.299 e. The van der Waals surface area contributed by atoms with E-state index in [1.54, 1.807) is 18.2 Å². The molecule has 1 aromatic carbocycles. The monoisotopic (exact) mass is 319 g/mol. The third-order valence-corrected chi connectivity index (χ3v) is 6.02. The summed E-state index contributed by atoms with van der Waals surface area (Å²) in [7, 11) is -3.83. The molecule has 1 fully saturated rings. The van der Waals surface area contributed by atoms with Crippen LogP contribution in [0, 0.1) is 12.8 Å². The Labute approximate surface area is 129 Å². The van der Waals surface area contributed by atoms with Crippen molar-refractivity contribution in [3.63, 3.8) is 0 Å². The molecule has 5 nitrogen and oxygen atoms in total. The average Bonchev–Trinajstić information content (AvgIpc) is 2.47. The zero-order chi connectivity index (χ0) is 15.9. The molecule has 1 atom stereocenters. The molecular formula is C16H17NO4S. The molecule has 116 valence electrons. The number of fused-ring (bicyclic) bond motifs is 1. The van der Waals surface area contributed by atoms with Crippen molar-refractivity contribution in [2.24, 2.45) is 5.92 Å². The van der Waals surface area contributed by atoms with Gasteiger partial charge in [-0.2, -0.15) is 0 Å². The highest BCUT2D eigenvalue weighted by atomic mass is 32.2. The minimum atomic E-state index is -3.83. The number of hydrogen-bond acceptors (Lipinski definition) is 4. The van der Waals surface area contributed by atoms with Crippen LogP contribution >= 0.6 is 0 Å². The van der Waals surface area contributed by atoms with E-state index in [1.807, 2.05) is 6.92 Å². The summed E-state index contributed by atoms with van der Waals surface area (Å²) >= 11 is 0. The highest BCUT2D eigenvalue weighted by Crippen LogP contribution is 2.33. The Morgan fingerprint density at radius 1 is 1.14 bits per heavy atom. The smallest absolute Gasteiger partial charge is 0.266 e. The number of carbonyl (C=O) groups is 2. The molecule has 0 saturated carbocycles. The van der Waals surface area contributed by atoms with Gasteiger partial charge in [0.05, 0.1) is 4.90 Å². The van der Waals surface area contributed by atoms with Gasteiger partial charge in [0, 0.05) is 25.0 Å². The van der Waals surface area contributed by atoms with E-state index in [4.69, 9.17) is 0 Å². The van der Waals surface area contributed by atoms with Crippen LogP contribution in [0.3, 0.4) is 0 Å². The number of carbonyl (C=O) groups excluding carboxylic acids is 2. The number of rotatable bonds is 2. The van der Waals surface area contributed by atoms with E-state index in [-0.39, 0.29) is 29.6 Å². The van der Waals surface area contributed by atoms with Crippen LogP contribution in [0.15, 0.2) is 40.8 Å². The second-order valence-corrected chi connectivity index (χ2v) is 7.65. The van der Waals surface area contributed by atoms with Crippen LogP contribution in [-0.2, 0) is 19.6 Å². The number of amides is 1. The summed E-state index contributed by atoms with van der Waals surface area (Å²) in [5, 5.41) is 0. The number of sulfonamides is 1. The van der Waals surface area contributed by atoms with Crippen molar-refractivity contribution in [1.29, 1.82) is 0 Å². The zero-order valence-electron chi connectivity index (χ0n) is 12.3. The van der Waals surface area contributed by atoms with Gasteiger partial charge in [0.25, 0.3) is 15.9 Å². The number of allylic oxidation sites excluding steroid dienone is 1. The SMILES string of the molecule is Cc1ccc(S(=O)(=O)N2CC[C@@H]3CC(=O)CC=C3C2=O)cc1. The van der Waals surface area contributed by atoms with Crippen LogP contribution in [0.4, 0.5) is 0 Å². The molecule has 2 aliphatic rings. The minimum absolute atomic E-state index is 0.108. The molecule has 1 aliphatic carbocycles. The summed E-state index contributed by atoms with van der Waals surface area (Å²) in [5.74, 6) is -0.501. The molecular weight excluding hydrogens is 302 g/mol. The van der Waals surface area contributed by atoms with Crippen molar-refractivity contribution < 1.29 is 18.0 Å². The zero-order valence-corrected chi connectivity index (χ0v) is 13.1. The fraction of sp³-hybridized carbons (Fsp3) is 0.375. The summed E-state index contributed by atoms with van der Waals surface area (Å²) in [6, 6.07) is 6.46. The molecule has 22 heavy (non-hydrogen) atoms. The molecule has 1 aromatic rings. The highest BCUT2D eigenvalue weighted by molar-refractivity contribution is 7.89. The molecule has 0 N–H and O–H groups in total. The van der Waals surface area contributed by atoms with Crippen molar-refractivity contribution in [2.45, 2.75) is 31.1 Å². The van der Waals surface area contributed by atoms with Crippen LogP contribution in [0.1, 0.15) is 24.8 Å². The second kappa shape index (κ2) is 5.35. The summed E-state index contributed by atoms with van der Waals surface area (Å²) < 4.78 is 26.3. The molecule has 1 saturated heterocycles. The van der Waals surface area contributed by atoms with Crippen LogP contribution < -0.4 is 0 Å². The normalized spacial score (nSPS) is 22.3. The van der Waals surface area contributed by atoms with Crippen LogP contribution in [0.25, 0.3) is 0 Å². The van der Waals surface area contributed by atoms with E-state index in [2.05, 4.69) is 0 Å². The first-order chi connectivity index (χ1) is 10.4. The number of hydrogen-bond donors (Lipinski definition) is 0. The molecule has 1 amide bonds. The van der Waals surface area contributed by atoms with Gasteiger partial charge in [0.2, 0.25) is 0 Å². The van der Waals surface area contributed by atoms with Gasteiger partial charge in [0.1, 0.15) is 5.78 Å². The van der Waals surface area contributed by atoms with E-state index >= 15 is 0 Å². The molecule has 0 radical (unpaired) electrons. The number of aryl methyl sites for hydroxylation is 1. The molecule has 1 heterocycles. The standard InChI is InChI=1S/C16H17NO4S/c1-11-2-5-14(6-3-11)22(20,21)17-9-8-12-10-13(18)4-7-15(12)16(17)19/h2-3,5-7,12H,4,8-10H2,1H3/t12-/m1/s1. The minimum Gasteiger partial charge on any atom is -0.299 e. The third-order valence-electron chi connectivity index (χ3n) is 4.23. The number of Topliss-reactive ketones (excluding diaryl/α,β-unsaturated/α-hetero) is 1. The van der Waals surface area contributed by atoms with Crippen LogP contribution in [0.2, 0.25) is 0 Å². The first kappa shape index (κ1) is 15.0. The van der Waals surface area contributed by atoms with Gasteiger partial charge in [-0.1, -0.05) is 23.8 Å². The maximum atomic E-state index is 12.7. The van der Waals surface area contributed by atoms with E-state index < -0.39 is 15.9 Å². The highest BCUT2D eigenvalue weighted by Gasteiger charge is 2.40. The predicted octanol–water partition coefficient (Wildman–Crippen LogP) is 1.82. The van der Waals surface area contributed by atoms with Crippen molar-refractivity contribution in [3.8, 4) is 0 Å². The van der Waals surface area contributed by atoms with Gasteiger partial charge in [-0.05, 0) is 31.4 Å². The van der Waals surface area contributed by atoms with Crippen LogP contribution in [0.5, 0.6) is 0 Å². The topological polar surface area (TPSA) is 71.5 Å². The van der Waals surface area contributed by atoms with Crippen LogP contribution in [-0.4, -0.2) is 31.0 Å². The van der Waals surface area contributed by atoms with Gasteiger partial charge in [-0.3, -0.25) is 9.59 Å². The lowest BCUT2D eigenvalue weighted by Crippen LogP contribution is -2.45. The van der Waals surface area contributed by atoms with E-state index in [1.165, 1.54) is 12.1 Å². The molecule has 6 heteroatoms.